The molecule has 3 heteroatoms. The van der Waals surface area contributed by atoms with Gasteiger partial charge in [-0.1, -0.05) is 19.9 Å². The highest BCUT2D eigenvalue weighted by molar-refractivity contribution is 5.50. The van der Waals surface area contributed by atoms with Crippen LogP contribution in [0.3, 0.4) is 0 Å². The Bertz CT molecular complexity index is 419. The number of hydrogen-bond donors (Lipinski definition) is 1. The first kappa shape index (κ1) is 13.3. The lowest BCUT2D eigenvalue weighted by atomic mass is 9.85. The fourth-order valence-corrected chi connectivity index (χ4v) is 2.94. The molecule has 1 heterocycles. The maximum atomic E-state index is 14.2. The minimum atomic E-state index is -0.147. The zero-order valence-electron chi connectivity index (χ0n) is 11.5. The zero-order chi connectivity index (χ0) is 13.3. The van der Waals surface area contributed by atoms with Crippen LogP contribution in [0.25, 0.3) is 0 Å². The third kappa shape index (κ3) is 2.51. The van der Waals surface area contributed by atoms with Gasteiger partial charge >= 0.3 is 0 Å². The van der Waals surface area contributed by atoms with E-state index >= 15 is 0 Å². The average molecular weight is 250 g/mol. The molecule has 1 fully saturated rings. The molecule has 2 N–H and O–H groups in total. The van der Waals surface area contributed by atoms with Crippen molar-refractivity contribution in [2.45, 2.75) is 39.8 Å². The number of rotatable bonds is 2. The van der Waals surface area contributed by atoms with Gasteiger partial charge in [0.2, 0.25) is 0 Å². The predicted molar refractivity (Wildman–Crippen MR) is 74.0 cm³/mol. The molecule has 1 aliphatic rings. The number of benzene rings is 1. The van der Waals surface area contributed by atoms with E-state index in [1.807, 2.05) is 12.1 Å². The van der Waals surface area contributed by atoms with Gasteiger partial charge in [0.05, 0.1) is 5.69 Å². The van der Waals surface area contributed by atoms with Gasteiger partial charge in [-0.3, -0.25) is 0 Å². The van der Waals surface area contributed by atoms with Crippen molar-refractivity contribution in [3.63, 3.8) is 0 Å². The number of piperidine rings is 1. The van der Waals surface area contributed by atoms with Gasteiger partial charge in [0.15, 0.2) is 0 Å². The van der Waals surface area contributed by atoms with E-state index in [2.05, 4.69) is 25.7 Å². The molecular weight excluding hydrogens is 227 g/mol. The minimum Gasteiger partial charge on any atom is -0.366 e. The van der Waals surface area contributed by atoms with Crippen molar-refractivity contribution in [1.82, 2.24) is 0 Å². The van der Waals surface area contributed by atoms with E-state index in [9.17, 15) is 4.39 Å². The molecule has 1 saturated heterocycles. The maximum absolute atomic E-state index is 14.2. The largest absolute Gasteiger partial charge is 0.366 e. The lowest BCUT2D eigenvalue weighted by Crippen LogP contribution is -2.46. The second-order valence-corrected chi connectivity index (χ2v) is 5.70. The molecule has 1 aliphatic heterocycles. The summed E-state index contributed by atoms with van der Waals surface area (Å²) in [5.41, 5.74) is 7.11. The summed E-state index contributed by atoms with van der Waals surface area (Å²) in [6.45, 7) is 8.00. The van der Waals surface area contributed by atoms with Crippen LogP contribution in [-0.4, -0.2) is 12.6 Å². The molecule has 0 spiro atoms. The molecule has 2 rings (SSSR count). The van der Waals surface area contributed by atoms with Crippen molar-refractivity contribution >= 4 is 5.69 Å². The highest BCUT2D eigenvalue weighted by Gasteiger charge is 2.30. The molecular formula is C15H23FN2. The Balaban J connectivity index is 2.29. The number of halogens is 1. The van der Waals surface area contributed by atoms with Gasteiger partial charge in [-0.2, -0.15) is 0 Å². The highest BCUT2D eigenvalue weighted by Crippen LogP contribution is 2.32. The van der Waals surface area contributed by atoms with Crippen molar-refractivity contribution in [1.29, 1.82) is 0 Å². The van der Waals surface area contributed by atoms with Crippen molar-refractivity contribution in [2.75, 3.05) is 11.4 Å². The smallest absolute Gasteiger partial charge is 0.146 e. The molecule has 3 atom stereocenters. The summed E-state index contributed by atoms with van der Waals surface area (Å²) in [5, 5.41) is 0. The van der Waals surface area contributed by atoms with Crippen molar-refractivity contribution in [3.8, 4) is 0 Å². The maximum Gasteiger partial charge on any atom is 0.146 e. The third-order valence-corrected chi connectivity index (χ3v) is 4.15. The first-order valence-electron chi connectivity index (χ1n) is 6.78. The Labute approximate surface area is 109 Å². The van der Waals surface area contributed by atoms with Gasteiger partial charge in [-0.25, -0.2) is 4.39 Å². The van der Waals surface area contributed by atoms with Gasteiger partial charge in [-0.15, -0.1) is 0 Å². The molecule has 0 amide bonds. The SMILES string of the molecule is CC1CC(C)C(C)N(c2ccc(CN)cc2F)C1. The second-order valence-electron chi connectivity index (χ2n) is 5.70. The highest BCUT2D eigenvalue weighted by atomic mass is 19.1. The summed E-state index contributed by atoms with van der Waals surface area (Å²) >= 11 is 0. The van der Waals surface area contributed by atoms with E-state index in [4.69, 9.17) is 5.73 Å². The number of nitrogens with zero attached hydrogens (tertiary/aromatic N) is 1. The summed E-state index contributed by atoms with van der Waals surface area (Å²) < 4.78 is 14.2. The van der Waals surface area contributed by atoms with Crippen LogP contribution in [0.15, 0.2) is 18.2 Å². The quantitative estimate of drug-likeness (QED) is 0.873. The van der Waals surface area contributed by atoms with Crippen molar-refractivity contribution in [3.05, 3.63) is 29.6 Å². The first-order chi connectivity index (χ1) is 8.52. The summed E-state index contributed by atoms with van der Waals surface area (Å²) in [6, 6.07) is 5.75. The van der Waals surface area contributed by atoms with Gasteiger partial charge in [0.25, 0.3) is 0 Å². The molecule has 1 aromatic rings. The molecule has 0 bridgehead atoms. The monoisotopic (exact) mass is 250 g/mol. The van der Waals surface area contributed by atoms with E-state index in [0.717, 1.165) is 17.8 Å². The molecule has 0 saturated carbocycles. The minimum absolute atomic E-state index is 0.147. The van der Waals surface area contributed by atoms with E-state index < -0.39 is 0 Å². The van der Waals surface area contributed by atoms with Gasteiger partial charge < -0.3 is 10.6 Å². The van der Waals surface area contributed by atoms with E-state index in [0.29, 0.717) is 24.4 Å². The van der Waals surface area contributed by atoms with Gasteiger partial charge in [0.1, 0.15) is 5.82 Å². The normalized spacial score (nSPS) is 28.5. The predicted octanol–water partition coefficient (Wildman–Crippen LogP) is 3.16. The van der Waals surface area contributed by atoms with Crippen LogP contribution in [0.5, 0.6) is 0 Å². The molecule has 0 radical (unpaired) electrons. The molecule has 100 valence electrons. The van der Waals surface area contributed by atoms with Crippen LogP contribution in [0.2, 0.25) is 0 Å². The molecule has 1 aromatic carbocycles. The van der Waals surface area contributed by atoms with E-state index in [-0.39, 0.29) is 5.82 Å². The number of hydrogen-bond acceptors (Lipinski definition) is 2. The third-order valence-electron chi connectivity index (χ3n) is 4.15. The molecule has 2 nitrogen and oxygen atoms in total. The molecule has 3 unspecified atom stereocenters. The number of anilines is 1. The molecule has 0 aromatic heterocycles. The zero-order valence-corrected chi connectivity index (χ0v) is 11.5. The van der Waals surface area contributed by atoms with Crippen LogP contribution < -0.4 is 10.6 Å². The summed E-state index contributed by atoms with van der Waals surface area (Å²) in [7, 11) is 0. The topological polar surface area (TPSA) is 29.3 Å². The molecule has 18 heavy (non-hydrogen) atoms. The Hall–Kier alpha value is -1.09. The summed E-state index contributed by atoms with van der Waals surface area (Å²) in [6.07, 6.45) is 1.22. The van der Waals surface area contributed by atoms with Crippen molar-refractivity contribution < 1.29 is 4.39 Å². The summed E-state index contributed by atoms with van der Waals surface area (Å²) in [4.78, 5) is 2.20. The Morgan fingerprint density at radius 1 is 1.33 bits per heavy atom. The van der Waals surface area contributed by atoms with Gasteiger partial charge in [0, 0.05) is 19.1 Å². The number of nitrogens with two attached hydrogens (primary N) is 1. The standard InChI is InChI=1S/C15H23FN2/c1-10-6-11(2)12(3)18(9-10)15-5-4-13(8-17)7-14(15)16/h4-5,7,10-12H,6,8-9,17H2,1-3H3. The van der Waals surface area contributed by atoms with Crippen LogP contribution in [0.1, 0.15) is 32.8 Å². The van der Waals surface area contributed by atoms with Crippen LogP contribution >= 0.6 is 0 Å². The lowest BCUT2D eigenvalue weighted by Gasteiger charge is -2.42. The fraction of sp³-hybridized carbons (Fsp3) is 0.600. The lowest BCUT2D eigenvalue weighted by molar-refractivity contribution is 0.295. The van der Waals surface area contributed by atoms with Gasteiger partial charge in [-0.05, 0) is 42.9 Å². The van der Waals surface area contributed by atoms with Crippen LogP contribution in [0, 0.1) is 17.7 Å². The van der Waals surface area contributed by atoms with E-state index in [1.165, 1.54) is 6.42 Å². The van der Waals surface area contributed by atoms with E-state index in [1.54, 1.807) is 6.07 Å². The Morgan fingerprint density at radius 2 is 2.06 bits per heavy atom. The Kier molecular flexibility index (Phi) is 3.91. The molecule has 0 aliphatic carbocycles. The average Bonchev–Trinajstić information content (AvgIpc) is 2.34. The fourth-order valence-electron chi connectivity index (χ4n) is 2.94. The van der Waals surface area contributed by atoms with Crippen LogP contribution in [0.4, 0.5) is 10.1 Å². The first-order valence-corrected chi connectivity index (χ1v) is 6.78. The van der Waals surface area contributed by atoms with Crippen molar-refractivity contribution in [2.24, 2.45) is 17.6 Å². The Morgan fingerprint density at radius 3 is 2.67 bits per heavy atom. The second kappa shape index (κ2) is 5.27. The summed E-state index contributed by atoms with van der Waals surface area (Å²) in [5.74, 6) is 1.07. The van der Waals surface area contributed by atoms with Crippen LogP contribution in [-0.2, 0) is 6.54 Å².